The van der Waals surface area contributed by atoms with Crippen LogP contribution in [0.5, 0.6) is 0 Å². The van der Waals surface area contributed by atoms with E-state index in [2.05, 4.69) is 5.32 Å². The lowest BCUT2D eigenvalue weighted by molar-refractivity contribution is -0.140. The van der Waals surface area contributed by atoms with Gasteiger partial charge in [0.15, 0.2) is 0 Å². The summed E-state index contributed by atoms with van der Waals surface area (Å²) in [5, 5.41) is 3.86. The number of hydrogen-bond donors (Lipinski definition) is 1. The summed E-state index contributed by atoms with van der Waals surface area (Å²) < 4.78 is 28.8. The molecule has 2 amide bonds. The van der Waals surface area contributed by atoms with Gasteiger partial charge in [-0.3, -0.25) is 13.9 Å². The molecule has 1 unspecified atom stereocenters. The molecular formula is C29H31Cl4N3O4S. The summed E-state index contributed by atoms with van der Waals surface area (Å²) in [5.41, 5.74) is 1.59. The second-order valence-electron chi connectivity index (χ2n) is 9.44. The number of sulfonamides is 1. The van der Waals surface area contributed by atoms with Gasteiger partial charge in [-0.2, -0.15) is 0 Å². The molecule has 0 aliphatic rings. The van der Waals surface area contributed by atoms with Crippen molar-refractivity contribution in [3.63, 3.8) is 0 Å². The number of anilines is 1. The minimum Gasteiger partial charge on any atom is -0.354 e. The largest absolute Gasteiger partial charge is 0.354 e. The Balaban J connectivity index is 2.10. The summed E-state index contributed by atoms with van der Waals surface area (Å²) in [6, 6.07) is 14.6. The van der Waals surface area contributed by atoms with E-state index in [1.165, 1.54) is 35.2 Å². The number of halogens is 4. The van der Waals surface area contributed by atoms with E-state index >= 15 is 0 Å². The number of hydrogen-bond acceptors (Lipinski definition) is 4. The molecule has 7 nitrogen and oxygen atoms in total. The van der Waals surface area contributed by atoms with E-state index in [1.54, 1.807) is 37.3 Å². The van der Waals surface area contributed by atoms with E-state index in [0.717, 1.165) is 9.87 Å². The van der Waals surface area contributed by atoms with Gasteiger partial charge < -0.3 is 10.2 Å². The molecule has 3 aromatic rings. The third-order valence-electron chi connectivity index (χ3n) is 6.30. The monoisotopic (exact) mass is 657 g/mol. The number of carbonyl (C=O) groups excluding carboxylic acids is 2. The van der Waals surface area contributed by atoms with Crippen LogP contribution in [0.15, 0.2) is 65.6 Å². The molecule has 12 heteroatoms. The fourth-order valence-electron chi connectivity index (χ4n) is 4.17. The summed E-state index contributed by atoms with van der Waals surface area (Å²) in [6.45, 7) is 5.34. The number of nitrogens with zero attached hydrogens (tertiary/aromatic N) is 2. The maximum atomic E-state index is 14.1. The van der Waals surface area contributed by atoms with Crippen molar-refractivity contribution in [1.29, 1.82) is 0 Å². The first-order valence-corrected chi connectivity index (χ1v) is 15.9. The van der Waals surface area contributed by atoms with Crippen LogP contribution < -0.4 is 9.62 Å². The topological polar surface area (TPSA) is 86.8 Å². The number of nitrogens with one attached hydrogen (secondary N) is 1. The van der Waals surface area contributed by atoms with Crippen molar-refractivity contribution >= 4 is 73.9 Å². The number of carbonyl (C=O) groups is 2. The Labute approximate surface area is 261 Å². The molecule has 0 fully saturated rings. The summed E-state index contributed by atoms with van der Waals surface area (Å²) >= 11 is 24.8. The average Bonchev–Trinajstić information content (AvgIpc) is 2.91. The molecule has 3 rings (SSSR count). The first-order chi connectivity index (χ1) is 19.4. The highest BCUT2D eigenvalue weighted by atomic mass is 35.5. The van der Waals surface area contributed by atoms with Crippen LogP contribution >= 0.6 is 46.4 Å². The summed E-state index contributed by atoms with van der Waals surface area (Å²) in [7, 11) is -4.26. The molecule has 0 heterocycles. The number of benzene rings is 3. The van der Waals surface area contributed by atoms with Crippen LogP contribution in [0.1, 0.15) is 37.8 Å². The normalized spacial score (nSPS) is 12.1. The van der Waals surface area contributed by atoms with Gasteiger partial charge in [-0.1, -0.05) is 84.0 Å². The van der Waals surface area contributed by atoms with Gasteiger partial charge in [0.25, 0.3) is 10.0 Å². The predicted molar refractivity (Wildman–Crippen MR) is 167 cm³/mol. The van der Waals surface area contributed by atoms with Crippen LogP contribution in [0.2, 0.25) is 20.1 Å². The van der Waals surface area contributed by atoms with Gasteiger partial charge in [0, 0.05) is 23.1 Å². The third-order valence-corrected chi connectivity index (χ3v) is 9.26. The van der Waals surface area contributed by atoms with Crippen LogP contribution in [0, 0.1) is 6.92 Å². The second kappa shape index (κ2) is 14.6. The molecule has 0 aromatic heterocycles. The van der Waals surface area contributed by atoms with E-state index in [4.69, 9.17) is 46.4 Å². The number of rotatable bonds is 12. The molecule has 0 bridgehead atoms. The van der Waals surface area contributed by atoms with Crippen LogP contribution in [-0.4, -0.2) is 44.3 Å². The Hall–Kier alpha value is -2.49. The molecule has 0 saturated heterocycles. The SMILES string of the molecule is CCCNC(=O)C(CC)N(Cc1ccc(Cl)c(Cl)c1)C(=O)CN(c1cc(Cl)cc(Cl)c1)S(=O)(=O)c1ccc(C)cc1. The molecule has 1 N–H and O–H groups in total. The summed E-state index contributed by atoms with van der Waals surface area (Å²) in [6.07, 6.45) is 0.997. The predicted octanol–water partition coefficient (Wildman–Crippen LogP) is 7.14. The Morgan fingerprint density at radius 2 is 1.51 bits per heavy atom. The lowest BCUT2D eigenvalue weighted by Crippen LogP contribution is -2.52. The molecule has 1 atom stereocenters. The van der Waals surface area contributed by atoms with Gasteiger partial charge in [0.2, 0.25) is 11.8 Å². The fraction of sp³-hybridized carbons (Fsp3) is 0.310. The fourth-order valence-corrected chi connectivity index (χ4v) is 6.40. The molecular weight excluding hydrogens is 628 g/mol. The van der Waals surface area contributed by atoms with Gasteiger partial charge in [-0.25, -0.2) is 8.42 Å². The lowest BCUT2D eigenvalue weighted by atomic mass is 10.1. The zero-order valence-corrected chi connectivity index (χ0v) is 26.7. The van der Waals surface area contributed by atoms with E-state index < -0.39 is 28.5 Å². The van der Waals surface area contributed by atoms with Crippen LogP contribution in [-0.2, 0) is 26.2 Å². The molecule has 3 aromatic carbocycles. The van der Waals surface area contributed by atoms with E-state index in [1.807, 2.05) is 13.8 Å². The maximum Gasteiger partial charge on any atom is 0.264 e. The van der Waals surface area contributed by atoms with Gasteiger partial charge in [-0.15, -0.1) is 0 Å². The van der Waals surface area contributed by atoms with Gasteiger partial charge in [-0.05, 0) is 67.8 Å². The highest BCUT2D eigenvalue weighted by molar-refractivity contribution is 7.92. The Morgan fingerprint density at radius 3 is 2.07 bits per heavy atom. The molecule has 0 radical (unpaired) electrons. The summed E-state index contributed by atoms with van der Waals surface area (Å²) in [5.74, 6) is -0.956. The number of aryl methyl sites for hydroxylation is 1. The molecule has 0 saturated carbocycles. The van der Waals surface area contributed by atoms with E-state index in [-0.39, 0.29) is 44.5 Å². The van der Waals surface area contributed by atoms with Crippen molar-refractivity contribution in [1.82, 2.24) is 10.2 Å². The second-order valence-corrected chi connectivity index (χ2v) is 13.0. The Bertz CT molecular complexity index is 1480. The van der Waals surface area contributed by atoms with Crippen molar-refractivity contribution in [2.45, 2.75) is 51.1 Å². The smallest absolute Gasteiger partial charge is 0.264 e. The lowest BCUT2D eigenvalue weighted by Gasteiger charge is -2.33. The van der Waals surface area contributed by atoms with Gasteiger partial charge >= 0.3 is 0 Å². The average molecular weight is 659 g/mol. The van der Waals surface area contributed by atoms with Crippen LogP contribution in [0.25, 0.3) is 0 Å². The minimum atomic E-state index is -4.26. The van der Waals surface area contributed by atoms with Crippen molar-refractivity contribution in [3.05, 3.63) is 91.9 Å². The van der Waals surface area contributed by atoms with Crippen LogP contribution in [0.3, 0.4) is 0 Å². The molecule has 220 valence electrons. The zero-order chi connectivity index (χ0) is 30.3. The van der Waals surface area contributed by atoms with Crippen molar-refractivity contribution in [2.75, 3.05) is 17.4 Å². The zero-order valence-electron chi connectivity index (χ0n) is 22.8. The molecule has 0 aliphatic heterocycles. The maximum absolute atomic E-state index is 14.1. The molecule has 0 aliphatic carbocycles. The quantitative estimate of drug-likeness (QED) is 0.224. The Kier molecular flexibility index (Phi) is 11.8. The minimum absolute atomic E-state index is 0.0114. The molecule has 0 spiro atoms. The first-order valence-electron chi connectivity index (χ1n) is 12.9. The van der Waals surface area contributed by atoms with Gasteiger partial charge in [0.1, 0.15) is 12.6 Å². The third kappa shape index (κ3) is 8.52. The number of amides is 2. The highest BCUT2D eigenvalue weighted by Gasteiger charge is 2.34. The van der Waals surface area contributed by atoms with Crippen molar-refractivity contribution in [3.8, 4) is 0 Å². The standard InChI is InChI=1S/C29H31Cl4N3O4S/c1-4-12-34-29(38)27(5-2)35(17-20-8-11-25(32)26(33)13-20)28(37)18-36(23-15-21(30)14-22(31)16-23)41(39,40)24-9-6-19(3)7-10-24/h6-11,13-16,27H,4-5,12,17-18H2,1-3H3,(H,34,38). The first kappa shape index (κ1) is 33.0. The van der Waals surface area contributed by atoms with E-state index in [9.17, 15) is 18.0 Å². The summed E-state index contributed by atoms with van der Waals surface area (Å²) in [4.78, 5) is 28.6. The highest BCUT2D eigenvalue weighted by Crippen LogP contribution is 2.31. The van der Waals surface area contributed by atoms with Crippen molar-refractivity contribution in [2.24, 2.45) is 0 Å². The van der Waals surface area contributed by atoms with Crippen molar-refractivity contribution < 1.29 is 18.0 Å². The molecule has 41 heavy (non-hydrogen) atoms. The Morgan fingerprint density at radius 1 is 0.878 bits per heavy atom. The van der Waals surface area contributed by atoms with Crippen LogP contribution in [0.4, 0.5) is 5.69 Å². The van der Waals surface area contributed by atoms with E-state index in [0.29, 0.717) is 23.6 Å². The van der Waals surface area contributed by atoms with Gasteiger partial charge in [0.05, 0.1) is 20.6 Å².